The molecule has 0 radical (unpaired) electrons. The van der Waals surface area contributed by atoms with Crippen LogP contribution in [0.5, 0.6) is 0 Å². The molecule has 0 bridgehead atoms. The van der Waals surface area contributed by atoms with Crippen LogP contribution in [0.3, 0.4) is 0 Å². The summed E-state index contributed by atoms with van der Waals surface area (Å²) in [5.74, 6) is 0. The second-order valence-electron chi connectivity index (χ2n) is 9.14. The molecule has 1 heteroatoms. The van der Waals surface area contributed by atoms with Crippen molar-refractivity contribution in [2.24, 2.45) is 0 Å². The molecule has 3 aromatic rings. The Bertz CT molecular complexity index is 850. The zero-order chi connectivity index (χ0) is 17.7. The molecule has 0 aromatic heterocycles. The predicted octanol–water partition coefficient (Wildman–Crippen LogP) is 4.13. The molecule has 0 saturated carbocycles. The molecule has 0 saturated heterocycles. The normalized spacial score (nSPS) is 12.3. The zero-order valence-electron chi connectivity index (χ0n) is 17.1. The monoisotopic (exact) mass is 324 g/mol. The Balaban J connectivity index is 0.00000225. The van der Waals surface area contributed by atoms with E-state index in [9.17, 15) is 0 Å². The predicted molar refractivity (Wildman–Crippen MR) is 107 cm³/mol. The van der Waals surface area contributed by atoms with E-state index in [1.165, 1.54) is 38.6 Å². The van der Waals surface area contributed by atoms with Gasteiger partial charge in [0.15, 0.2) is 0 Å². The topological polar surface area (TPSA) is 0 Å². The number of rotatable bonds is 1. The van der Waals surface area contributed by atoms with Crippen molar-refractivity contribution in [2.75, 3.05) is 0 Å². The van der Waals surface area contributed by atoms with Crippen molar-refractivity contribution in [1.29, 1.82) is 0 Å². The minimum atomic E-state index is 0. The summed E-state index contributed by atoms with van der Waals surface area (Å²) in [4.78, 5) is 0. The molecule has 0 unspecified atom stereocenters. The Morgan fingerprint density at radius 3 is 1.84 bits per heavy atom. The zero-order valence-corrected chi connectivity index (χ0v) is 17.1. The number of aryl methyl sites for hydroxylation is 1. The van der Waals surface area contributed by atoms with Gasteiger partial charge in [-0.1, -0.05) is 78.3 Å². The van der Waals surface area contributed by atoms with Crippen molar-refractivity contribution in [3.8, 4) is 11.1 Å². The van der Waals surface area contributed by atoms with Gasteiger partial charge in [-0.05, 0) is 27.5 Å². The van der Waals surface area contributed by atoms with Crippen molar-refractivity contribution >= 4 is 10.8 Å². The molecule has 126 valence electrons. The molecule has 0 amide bonds. The Morgan fingerprint density at radius 2 is 1.32 bits per heavy atom. The van der Waals surface area contributed by atoms with Gasteiger partial charge in [-0.2, -0.15) is 6.07 Å². The Hall–Kier alpha value is -1.35. The van der Waals surface area contributed by atoms with E-state index in [1.807, 2.05) is 0 Å². The fourth-order valence-electron chi connectivity index (χ4n) is 3.29. The van der Waals surface area contributed by atoms with Crippen molar-refractivity contribution in [3.05, 3.63) is 65.2 Å². The average Bonchev–Trinajstić information content (AvgIpc) is 2.84. The first-order valence-corrected chi connectivity index (χ1v) is 8.88. The minimum absolute atomic E-state index is 0. The molecule has 3 aromatic carbocycles. The number of hydrogen-bond donors (Lipinski definition) is 0. The summed E-state index contributed by atoms with van der Waals surface area (Å²) in [5, 5.41) is 2.70. The second kappa shape index (κ2) is 6.75. The second-order valence-corrected chi connectivity index (χ2v) is 9.14. The van der Waals surface area contributed by atoms with Crippen LogP contribution >= 0.6 is 0 Å². The standard InChI is InChI=1S/C24H29.Li/c1-16-11-17-9-8-10-21(22(17)12-16)18-13-19(23(2,3)4)15-20(14-18)24(5,6)7;/h8-15H,1-7H3;/q-1;+1. The van der Waals surface area contributed by atoms with E-state index < -0.39 is 0 Å². The maximum absolute atomic E-state index is 2.39. The van der Waals surface area contributed by atoms with Crippen molar-refractivity contribution in [3.63, 3.8) is 0 Å². The van der Waals surface area contributed by atoms with Crippen LogP contribution in [-0.4, -0.2) is 0 Å². The van der Waals surface area contributed by atoms with Crippen LogP contribution in [0.2, 0.25) is 0 Å². The van der Waals surface area contributed by atoms with Gasteiger partial charge in [-0.25, -0.2) is 0 Å². The third-order valence-electron chi connectivity index (χ3n) is 4.87. The van der Waals surface area contributed by atoms with Gasteiger partial charge in [0.1, 0.15) is 0 Å². The van der Waals surface area contributed by atoms with Crippen molar-refractivity contribution in [1.82, 2.24) is 0 Å². The molecular weight excluding hydrogens is 295 g/mol. The smallest absolute Gasteiger partial charge is 0.165 e. The van der Waals surface area contributed by atoms with Gasteiger partial charge in [0.05, 0.1) is 0 Å². The van der Waals surface area contributed by atoms with Gasteiger partial charge >= 0.3 is 18.9 Å². The Kier molecular flexibility index (Phi) is 5.39. The number of fused-ring (bicyclic) bond motifs is 1. The summed E-state index contributed by atoms with van der Waals surface area (Å²) in [7, 11) is 0. The molecule has 3 rings (SSSR count). The third kappa shape index (κ3) is 4.08. The molecule has 0 N–H and O–H groups in total. The van der Waals surface area contributed by atoms with Gasteiger partial charge in [-0.15, -0.1) is 34.5 Å². The Labute approximate surface area is 165 Å². The SMILES string of the molecule is Cc1cc2c(-c3cc(C(C)(C)C)cc(C(C)(C)C)c3)cccc2[cH-]1.[Li+]. The molecule has 0 heterocycles. The molecule has 0 fully saturated rings. The summed E-state index contributed by atoms with van der Waals surface area (Å²) in [6, 6.07) is 18.4. The molecule has 0 aliphatic heterocycles. The molecule has 0 nitrogen and oxygen atoms in total. The van der Waals surface area contributed by atoms with Gasteiger partial charge in [0.2, 0.25) is 0 Å². The average molecular weight is 324 g/mol. The van der Waals surface area contributed by atoms with Gasteiger partial charge in [0, 0.05) is 0 Å². The summed E-state index contributed by atoms with van der Waals surface area (Å²) in [6.07, 6.45) is 0. The van der Waals surface area contributed by atoms with Crippen molar-refractivity contribution < 1.29 is 18.9 Å². The van der Waals surface area contributed by atoms with Crippen LogP contribution in [0.4, 0.5) is 0 Å². The number of benzene rings is 2. The molecule has 0 aliphatic carbocycles. The molecule has 0 aliphatic rings. The fourth-order valence-corrected chi connectivity index (χ4v) is 3.29. The quantitative estimate of drug-likeness (QED) is 0.466. The summed E-state index contributed by atoms with van der Waals surface area (Å²) in [6.45, 7) is 16.0. The largest absolute Gasteiger partial charge is 1.00 e. The fraction of sp³-hybridized carbons (Fsp3) is 0.375. The maximum atomic E-state index is 2.39. The molecule has 25 heavy (non-hydrogen) atoms. The first-order chi connectivity index (χ1) is 11.1. The first kappa shape index (κ1) is 20.0. The molecular formula is C24H29Li. The molecule has 0 spiro atoms. The Morgan fingerprint density at radius 1 is 0.760 bits per heavy atom. The van der Waals surface area contributed by atoms with E-state index in [2.05, 4.69) is 97.0 Å². The van der Waals surface area contributed by atoms with Gasteiger partial charge in [-0.3, -0.25) is 0 Å². The van der Waals surface area contributed by atoms with E-state index in [1.54, 1.807) is 0 Å². The van der Waals surface area contributed by atoms with E-state index in [4.69, 9.17) is 0 Å². The van der Waals surface area contributed by atoms with Crippen LogP contribution in [0.25, 0.3) is 21.9 Å². The van der Waals surface area contributed by atoms with E-state index >= 15 is 0 Å². The van der Waals surface area contributed by atoms with Crippen LogP contribution in [0.1, 0.15) is 58.2 Å². The van der Waals surface area contributed by atoms with E-state index in [-0.39, 0.29) is 29.7 Å². The van der Waals surface area contributed by atoms with Gasteiger partial charge < -0.3 is 0 Å². The summed E-state index contributed by atoms with van der Waals surface area (Å²) in [5.41, 5.74) is 7.12. The summed E-state index contributed by atoms with van der Waals surface area (Å²) >= 11 is 0. The van der Waals surface area contributed by atoms with E-state index in [0.29, 0.717) is 0 Å². The number of hydrogen-bond acceptors (Lipinski definition) is 0. The van der Waals surface area contributed by atoms with Gasteiger partial charge in [0.25, 0.3) is 0 Å². The summed E-state index contributed by atoms with van der Waals surface area (Å²) < 4.78 is 0. The van der Waals surface area contributed by atoms with Crippen LogP contribution in [-0.2, 0) is 10.8 Å². The third-order valence-corrected chi connectivity index (χ3v) is 4.87. The maximum Gasteiger partial charge on any atom is 1.00 e. The first-order valence-electron chi connectivity index (χ1n) is 8.88. The van der Waals surface area contributed by atoms with E-state index in [0.717, 1.165) is 0 Å². The van der Waals surface area contributed by atoms with Crippen LogP contribution < -0.4 is 18.9 Å². The minimum Gasteiger partial charge on any atom is -0.165 e. The van der Waals surface area contributed by atoms with Crippen LogP contribution in [0.15, 0.2) is 48.5 Å². The molecule has 0 atom stereocenters. The van der Waals surface area contributed by atoms with Crippen molar-refractivity contribution in [2.45, 2.75) is 59.3 Å². The van der Waals surface area contributed by atoms with Crippen LogP contribution in [0, 0.1) is 6.92 Å².